The van der Waals surface area contributed by atoms with Gasteiger partial charge in [-0.25, -0.2) is 0 Å². The summed E-state index contributed by atoms with van der Waals surface area (Å²) in [6.45, 7) is 1.85. The van der Waals surface area contributed by atoms with Crippen LogP contribution in [-0.4, -0.2) is 46.1 Å². The monoisotopic (exact) mass is 377 g/mol. The lowest BCUT2D eigenvalue weighted by atomic mass is 10.1. The lowest BCUT2D eigenvalue weighted by molar-refractivity contribution is 0.281. The number of aliphatic hydroxyl groups is 2. The highest BCUT2D eigenvalue weighted by Gasteiger charge is 2.20. The summed E-state index contributed by atoms with van der Waals surface area (Å²) < 4.78 is 2.11. The summed E-state index contributed by atoms with van der Waals surface area (Å²) in [6, 6.07) is 15.6. The van der Waals surface area contributed by atoms with Crippen molar-refractivity contribution in [1.29, 1.82) is 0 Å². The fraction of sp³-hybridized carbons (Fsp3) is 0.273. The molecule has 1 aliphatic rings. The largest absolute Gasteiger partial charge is 0.395 e. The van der Waals surface area contributed by atoms with Gasteiger partial charge in [0.1, 0.15) is 5.82 Å². The zero-order valence-corrected chi connectivity index (χ0v) is 15.6. The van der Waals surface area contributed by atoms with Crippen LogP contribution < -0.4 is 10.5 Å². The molecule has 0 bridgehead atoms. The number of para-hydroxylation sites is 1. The Balaban J connectivity index is 1.66. The van der Waals surface area contributed by atoms with Crippen LogP contribution in [0.2, 0.25) is 0 Å². The van der Waals surface area contributed by atoms with Gasteiger partial charge in [0.25, 0.3) is 5.56 Å². The van der Waals surface area contributed by atoms with Crippen LogP contribution >= 0.6 is 0 Å². The number of allylic oxidation sites excluding steroid dienone is 1. The summed E-state index contributed by atoms with van der Waals surface area (Å²) in [5.74, 6) is 0.745. The van der Waals surface area contributed by atoms with Gasteiger partial charge < -0.3 is 19.7 Å². The highest BCUT2D eigenvalue weighted by molar-refractivity contribution is 5.85. The number of aryl methyl sites for hydroxylation is 1. The third-order valence-corrected chi connectivity index (χ3v) is 5.12. The molecule has 3 aromatic rings. The number of anilines is 1. The summed E-state index contributed by atoms with van der Waals surface area (Å²) >= 11 is 0. The summed E-state index contributed by atoms with van der Waals surface area (Å²) in [4.78, 5) is 18.6. The lowest BCUT2D eigenvalue weighted by Gasteiger charge is -2.22. The number of fused-ring (bicyclic) bond motifs is 3. The first-order valence-electron chi connectivity index (χ1n) is 9.48. The van der Waals surface area contributed by atoms with E-state index in [4.69, 9.17) is 0 Å². The molecular weight excluding hydrogens is 354 g/mol. The zero-order chi connectivity index (χ0) is 19.5. The molecule has 0 fully saturated rings. The standard InChI is InChI=1S/C22H23N3O3/c26-13-11-24(12-14-27)18-7-5-16(6-8-18)15-17-9-10-25-20-4-2-1-3-19(20)22(28)23-21(17)25/h1-8,15,26-27H,9-14H2/b17-15+. The normalized spacial score (nSPS) is 14.6. The molecule has 0 radical (unpaired) electrons. The Bertz CT molecular complexity index is 1060. The van der Waals surface area contributed by atoms with Crippen LogP contribution in [-0.2, 0) is 6.54 Å². The van der Waals surface area contributed by atoms with E-state index in [1.807, 2.05) is 53.4 Å². The number of aliphatic hydroxyl groups excluding tert-OH is 2. The number of rotatable bonds is 6. The summed E-state index contributed by atoms with van der Waals surface area (Å²) in [5.41, 5.74) is 3.78. The smallest absolute Gasteiger partial charge is 0.281 e. The first-order valence-corrected chi connectivity index (χ1v) is 9.48. The minimum atomic E-state index is -0.186. The van der Waals surface area contributed by atoms with E-state index in [2.05, 4.69) is 15.6 Å². The number of hydrogen-bond acceptors (Lipinski definition) is 5. The van der Waals surface area contributed by atoms with Gasteiger partial charge in [-0.1, -0.05) is 24.3 Å². The second-order valence-electron chi connectivity index (χ2n) is 6.85. The van der Waals surface area contributed by atoms with Crippen molar-refractivity contribution in [2.75, 3.05) is 31.2 Å². The predicted octanol–water partition coefficient (Wildman–Crippen LogP) is 2.13. The highest BCUT2D eigenvalue weighted by atomic mass is 16.3. The number of aromatic nitrogens is 2. The molecule has 2 heterocycles. The van der Waals surface area contributed by atoms with Crippen molar-refractivity contribution in [1.82, 2.24) is 9.55 Å². The average molecular weight is 377 g/mol. The van der Waals surface area contributed by atoms with Crippen molar-refractivity contribution in [3.63, 3.8) is 0 Å². The van der Waals surface area contributed by atoms with Crippen LogP contribution in [0.25, 0.3) is 22.6 Å². The van der Waals surface area contributed by atoms with E-state index in [0.717, 1.165) is 41.1 Å². The Labute approximate surface area is 163 Å². The molecule has 0 aliphatic carbocycles. The van der Waals surface area contributed by atoms with Crippen molar-refractivity contribution in [3.8, 4) is 0 Å². The lowest BCUT2D eigenvalue weighted by Crippen LogP contribution is -2.29. The molecule has 6 heteroatoms. The Morgan fingerprint density at radius 2 is 1.75 bits per heavy atom. The molecule has 0 amide bonds. The van der Waals surface area contributed by atoms with Crippen LogP contribution in [0.4, 0.5) is 5.69 Å². The van der Waals surface area contributed by atoms with Gasteiger partial charge in [0.15, 0.2) is 0 Å². The van der Waals surface area contributed by atoms with Crippen molar-refractivity contribution < 1.29 is 10.2 Å². The molecule has 6 nitrogen and oxygen atoms in total. The van der Waals surface area contributed by atoms with Gasteiger partial charge in [0.2, 0.25) is 0 Å². The number of hydrogen-bond donors (Lipinski definition) is 2. The molecule has 0 unspecified atom stereocenters. The second kappa shape index (κ2) is 7.96. The summed E-state index contributed by atoms with van der Waals surface area (Å²) in [7, 11) is 0. The minimum absolute atomic E-state index is 0.0387. The maximum atomic E-state index is 12.4. The third-order valence-electron chi connectivity index (χ3n) is 5.12. The molecule has 2 N–H and O–H groups in total. The molecule has 1 aromatic heterocycles. The van der Waals surface area contributed by atoms with E-state index in [-0.39, 0.29) is 18.8 Å². The molecule has 0 saturated heterocycles. The summed E-state index contributed by atoms with van der Waals surface area (Å²) in [6.07, 6.45) is 2.91. The number of benzene rings is 2. The van der Waals surface area contributed by atoms with Gasteiger partial charge in [-0.3, -0.25) is 4.79 Å². The van der Waals surface area contributed by atoms with Crippen molar-refractivity contribution in [3.05, 3.63) is 70.3 Å². The second-order valence-corrected chi connectivity index (χ2v) is 6.85. The van der Waals surface area contributed by atoms with Crippen molar-refractivity contribution in [2.45, 2.75) is 13.0 Å². The van der Waals surface area contributed by atoms with E-state index in [1.54, 1.807) is 0 Å². The van der Waals surface area contributed by atoms with Gasteiger partial charge in [-0.05, 0) is 47.9 Å². The van der Waals surface area contributed by atoms with Gasteiger partial charge in [-0.15, -0.1) is 0 Å². The van der Waals surface area contributed by atoms with Gasteiger partial charge >= 0.3 is 0 Å². The molecule has 1 aliphatic heterocycles. The average Bonchev–Trinajstić information content (AvgIpc) is 3.11. The van der Waals surface area contributed by atoms with E-state index in [1.165, 1.54) is 0 Å². The van der Waals surface area contributed by atoms with Gasteiger partial charge in [-0.2, -0.15) is 4.98 Å². The Morgan fingerprint density at radius 1 is 1.04 bits per heavy atom. The maximum absolute atomic E-state index is 12.4. The van der Waals surface area contributed by atoms with E-state index in [9.17, 15) is 15.0 Å². The van der Waals surface area contributed by atoms with Crippen molar-refractivity contribution >= 4 is 28.2 Å². The minimum Gasteiger partial charge on any atom is -0.395 e. The van der Waals surface area contributed by atoms with Crippen LogP contribution in [0.5, 0.6) is 0 Å². The van der Waals surface area contributed by atoms with Crippen LogP contribution in [0.1, 0.15) is 17.8 Å². The Kier molecular flexibility index (Phi) is 5.23. The molecule has 28 heavy (non-hydrogen) atoms. The van der Waals surface area contributed by atoms with Crippen LogP contribution in [0.3, 0.4) is 0 Å². The quantitative estimate of drug-likeness (QED) is 0.688. The maximum Gasteiger partial charge on any atom is 0.281 e. The topological polar surface area (TPSA) is 78.6 Å². The first-order chi connectivity index (χ1) is 13.7. The Morgan fingerprint density at radius 3 is 2.46 bits per heavy atom. The highest BCUT2D eigenvalue weighted by Crippen LogP contribution is 2.29. The molecule has 0 saturated carbocycles. The molecular formula is C22H23N3O3. The molecule has 144 valence electrons. The third kappa shape index (κ3) is 3.44. The van der Waals surface area contributed by atoms with Crippen molar-refractivity contribution in [2.24, 2.45) is 0 Å². The van der Waals surface area contributed by atoms with Crippen LogP contribution in [0.15, 0.2) is 53.3 Å². The van der Waals surface area contributed by atoms with Gasteiger partial charge in [0.05, 0.1) is 24.1 Å². The number of nitrogens with zero attached hydrogens (tertiary/aromatic N) is 3. The molecule has 4 rings (SSSR count). The van der Waals surface area contributed by atoms with Crippen LogP contribution in [0, 0.1) is 0 Å². The van der Waals surface area contributed by atoms with E-state index < -0.39 is 0 Å². The Hall–Kier alpha value is -2.96. The predicted molar refractivity (Wildman–Crippen MR) is 111 cm³/mol. The fourth-order valence-corrected chi connectivity index (χ4v) is 3.77. The molecule has 0 atom stereocenters. The van der Waals surface area contributed by atoms with Gasteiger partial charge in [0, 0.05) is 25.3 Å². The van der Waals surface area contributed by atoms with E-state index >= 15 is 0 Å². The SMILES string of the molecule is O=c1nc2n(c3ccccc13)CC/C2=C\c1ccc(N(CCO)CCO)cc1. The first kappa shape index (κ1) is 18.4. The zero-order valence-electron chi connectivity index (χ0n) is 15.6. The van der Waals surface area contributed by atoms with E-state index in [0.29, 0.717) is 18.5 Å². The summed E-state index contributed by atoms with van der Waals surface area (Å²) in [5, 5.41) is 19.0. The molecule has 0 spiro atoms. The fourth-order valence-electron chi connectivity index (χ4n) is 3.77. The molecule has 2 aromatic carbocycles.